The van der Waals surface area contributed by atoms with Crippen LogP contribution < -0.4 is 9.47 Å². The molecule has 24 heavy (non-hydrogen) atoms. The van der Waals surface area contributed by atoms with Crippen LogP contribution in [0.1, 0.15) is 5.56 Å². The maximum atomic E-state index is 12.0. The molecule has 9 heteroatoms. The van der Waals surface area contributed by atoms with E-state index in [9.17, 15) is 19.2 Å². The number of amides is 4. The molecule has 1 aromatic rings. The number of ether oxygens (including phenoxy) is 2. The van der Waals surface area contributed by atoms with Crippen molar-refractivity contribution in [2.75, 3.05) is 27.3 Å². The van der Waals surface area contributed by atoms with Crippen molar-refractivity contribution in [3.63, 3.8) is 0 Å². The van der Waals surface area contributed by atoms with Crippen LogP contribution in [0.15, 0.2) is 18.2 Å². The highest BCUT2D eigenvalue weighted by atomic mass is 16.5. The van der Waals surface area contributed by atoms with Crippen molar-refractivity contribution in [1.82, 2.24) is 9.80 Å². The summed E-state index contributed by atoms with van der Waals surface area (Å²) in [4.78, 5) is 47.3. The van der Waals surface area contributed by atoms with Crippen LogP contribution >= 0.6 is 0 Å². The summed E-state index contributed by atoms with van der Waals surface area (Å²) in [7, 11) is 2.99. The molecule has 0 aliphatic carbocycles. The van der Waals surface area contributed by atoms with Crippen LogP contribution in [-0.4, -0.2) is 66.0 Å². The summed E-state index contributed by atoms with van der Waals surface area (Å²) in [6.07, 6.45) is 0.284. The second kappa shape index (κ2) is 6.99. The largest absolute Gasteiger partial charge is 0.493 e. The van der Waals surface area contributed by atoms with Crippen molar-refractivity contribution in [3.05, 3.63) is 23.8 Å². The predicted molar refractivity (Wildman–Crippen MR) is 79.7 cm³/mol. The van der Waals surface area contributed by atoms with Gasteiger partial charge in [0.2, 0.25) is 0 Å². The molecule has 1 saturated heterocycles. The molecule has 128 valence electrons. The number of hydrogen-bond donors (Lipinski definition) is 1. The van der Waals surface area contributed by atoms with Gasteiger partial charge in [0.05, 0.1) is 14.2 Å². The molecule has 0 saturated carbocycles. The maximum absolute atomic E-state index is 12.0. The van der Waals surface area contributed by atoms with E-state index in [0.29, 0.717) is 16.4 Å². The molecule has 1 fully saturated rings. The Balaban J connectivity index is 2.09. The van der Waals surface area contributed by atoms with Gasteiger partial charge >= 0.3 is 23.8 Å². The van der Waals surface area contributed by atoms with Gasteiger partial charge in [0.15, 0.2) is 11.5 Å². The molecule has 9 nitrogen and oxygen atoms in total. The van der Waals surface area contributed by atoms with Crippen molar-refractivity contribution in [1.29, 1.82) is 0 Å². The van der Waals surface area contributed by atoms with Gasteiger partial charge in [-0.25, -0.2) is 9.69 Å². The molecular formula is C15H16N2O7. The molecule has 0 unspecified atom stereocenters. The molecular weight excluding hydrogens is 320 g/mol. The van der Waals surface area contributed by atoms with E-state index in [1.54, 1.807) is 18.2 Å². The summed E-state index contributed by atoms with van der Waals surface area (Å²) in [6, 6.07) is 4.20. The first-order valence-electron chi connectivity index (χ1n) is 6.99. The van der Waals surface area contributed by atoms with Crippen LogP contribution in [0.25, 0.3) is 0 Å². The summed E-state index contributed by atoms with van der Waals surface area (Å²) in [5.41, 5.74) is 0.761. The summed E-state index contributed by atoms with van der Waals surface area (Å²) >= 11 is 0. The fraction of sp³-hybridized carbons (Fsp3) is 0.333. The third-order valence-electron chi connectivity index (χ3n) is 3.50. The summed E-state index contributed by atoms with van der Waals surface area (Å²) in [6.45, 7) is -0.884. The van der Waals surface area contributed by atoms with Crippen molar-refractivity contribution in [2.45, 2.75) is 6.42 Å². The number of benzene rings is 1. The highest BCUT2D eigenvalue weighted by molar-refractivity contribution is 6.44. The number of methoxy groups -OCH3 is 2. The lowest BCUT2D eigenvalue weighted by Gasteiger charge is -2.15. The fourth-order valence-electron chi connectivity index (χ4n) is 2.30. The Hall–Kier alpha value is -3.10. The molecule has 0 aromatic heterocycles. The van der Waals surface area contributed by atoms with Gasteiger partial charge in [0.25, 0.3) is 0 Å². The van der Waals surface area contributed by atoms with Gasteiger partial charge in [-0.2, -0.15) is 0 Å². The molecule has 2 rings (SSSR count). The number of carbonyl (C=O) groups is 4. The molecule has 1 heterocycles. The molecule has 1 aliphatic rings. The Morgan fingerprint density at radius 3 is 2.25 bits per heavy atom. The first kappa shape index (κ1) is 17.3. The summed E-state index contributed by atoms with van der Waals surface area (Å²) in [5.74, 6) is -2.49. The number of imide groups is 2. The van der Waals surface area contributed by atoms with Gasteiger partial charge in [-0.3, -0.25) is 19.3 Å². The van der Waals surface area contributed by atoms with Crippen LogP contribution in [0.4, 0.5) is 4.79 Å². The molecule has 0 atom stereocenters. The molecule has 0 spiro atoms. The van der Waals surface area contributed by atoms with Crippen molar-refractivity contribution < 1.29 is 33.8 Å². The van der Waals surface area contributed by atoms with Crippen molar-refractivity contribution >= 4 is 23.8 Å². The van der Waals surface area contributed by atoms with Crippen LogP contribution in [0.5, 0.6) is 11.5 Å². The molecule has 1 aromatic carbocycles. The van der Waals surface area contributed by atoms with E-state index in [2.05, 4.69) is 0 Å². The number of nitrogens with zero attached hydrogens (tertiary/aromatic N) is 2. The number of aliphatic carboxylic acids is 1. The number of carboxylic acids is 1. The first-order chi connectivity index (χ1) is 11.4. The van der Waals surface area contributed by atoms with Crippen molar-refractivity contribution in [3.8, 4) is 11.5 Å². The van der Waals surface area contributed by atoms with Gasteiger partial charge in [-0.05, 0) is 24.1 Å². The zero-order valence-electron chi connectivity index (χ0n) is 13.1. The van der Waals surface area contributed by atoms with E-state index in [1.165, 1.54) is 14.2 Å². The number of carboxylic acid groups (broad SMARTS) is 1. The fourth-order valence-corrected chi connectivity index (χ4v) is 2.30. The Kier molecular flexibility index (Phi) is 5.02. The van der Waals surface area contributed by atoms with Gasteiger partial charge in [0, 0.05) is 6.54 Å². The Morgan fingerprint density at radius 1 is 1.04 bits per heavy atom. The monoisotopic (exact) mass is 336 g/mol. The van der Waals surface area contributed by atoms with E-state index in [1.807, 2.05) is 0 Å². The average molecular weight is 336 g/mol. The summed E-state index contributed by atoms with van der Waals surface area (Å²) in [5, 5.41) is 8.70. The smallest absolute Gasteiger partial charge is 0.334 e. The van der Waals surface area contributed by atoms with Crippen LogP contribution in [0.3, 0.4) is 0 Å². The topological polar surface area (TPSA) is 113 Å². The normalized spacial score (nSPS) is 14.3. The predicted octanol–water partition coefficient (Wildman–Crippen LogP) is 0.122. The minimum Gasteiger partial charge on any atom is -0.493 e. The van der Waals surface area contributed by atoms with E-state index in [-0.39, 0.29) is 13.0 Å². The number of rotatable bonds is 7. The Bertz CT molecular complexity index is 701. The molecule has 0 radical (unpaired) electrons. The van der Waals surface area contributed by atoms with E-state index < -0.39 is 30.4 Å². The lowest BCUT2D eigenvalue weighted by atomic mass is 10.1. The molecule has 1 N–H and O–H groups in total. The SMILES string of the molecule is COc1ccc(CCN2C(=O)C(=O)N(CC(=O)O)C2=O)cc1OC. The van der Waals surface area contributed by atoms with Crippen LogP contribution in [-0.2, 0) is 20.8 Å². The highest BCUT2D eigenvalue weighted by Crippen LogP contribution is 2.28. The quantitative estimate of drug-likeness (QED) is 0.556. The number of urea groups is 1. The van der Waals surface area contributed by atoms with E-state index >= 15 is 0 Å². The van der Waals surface area contributed by atoms with Crippen LogP contribution in [0, 0.1) is 0 Å². The van der Waals surface area contributed by atoms with E-state index in [4.69, 9.17) is 14.6 Å². The lowest BCUT2D eigenvalue weighted by Crippen LogP contribution is -2.37. The zero-order valence-corrected chi connectivity index (χ0v) is 13.1. The lowest BCUT2D eigenvalue weighted by molar-refractivity contribution is -0.146. The number of hydrogen-bond acceptors (Lipinski definition) is 6. The second-order valence-electron chi connectivity index (χ2n) is 4.96. The van der Waals surface area contributed by atoms with Crippen LogP contribution in [0.2, 0.25) is 0 Å². The Labute approximate surface area is 137 Å². The molecule has 4 amide bonds. The van der Waals surface area contributed by atoms with Gasteiger partial charge < -0.3 is 14.6 Å². The minimum atomic E-state index is -1.37. The number of carbonyl (C=O) groups excluding carboxylic acids is 3. The maximum Gasteiger partial charge on any atom is 0.334 e. The second-order valence-corrected chi connectivity index (χ2v) is 4.96. The third kappa shape index (κ3) is 3.29. The minimum absolute atomic E-state index is 0.0466. The van der Waals surface area contributed by atoms with Gasteiger partial charge in [-0.1, -0.05) is 6.07 Å². The summed E-state index contributed by atoms with van der Waals surface area (Å²) < 4.78 is 10.3. The average Bonchev–Trinajstić information content (AvgIpc) is 2.76. The van der Waals surface area contributed by atoms with E-state index in [0.717, 1.165) is 10.5 Å². The van der Waals surface area contributed by atoms with Gasteiger partial charge in [0.1, 0.15) is 6.54 Å². The van der Waals surface area contributed by atoms with Gasteiger partial charge in [-0.15, -0.1) is 0 Å². The molecule has 0 bridgehead atoms. The zero-order chi connectivity index (χ0) is 17.9. The Morgan fingerprint density at radius 2 is 1.67 bits per heavy atom. The highest BCUT2D eigenvalue weighted by Gasteiger charge is 2.44. The van der Waals surface area contributed by atoms with Crippen molar-refractivity contribution in [2.24, 2.45) is 0 Å². The standard InChI is InChI=1S/C15H16N2O7/c1-23-10-4-3-9(7-11(10)24-2)5-6-16-13(20)14(21)17(15(16)22)8-12(18)19/h3-4,7H,5-6,8H2,1-2H3,(H,18,19). The first-order valence-corrected chi connectivity index (χ1v) is 6.99. The third-order valence-corrected chi connectivity index (χ3v) is 3.50. The molecule has 1 aliphatic heterocycles.